The van der Waals surface area contributed by atoms with Gasteiger partial charge in [-0.3, -0.25) is 4.79 Å². The molecule has 0 saturated carbocycles. The van der Waals surface area contributed by atoms with Crippen LogP contribution in [0.1, 0.15) is 26.7 Å². The van der Waals surface area contributed by atoms with Crippen molar-refractivity contribution in [2.45, 2.75) is 43.7 Å². The van der Waals surface area contributed by atoms with Gasteiger partial charge in [-0.1, -0.05) is 6.92 Å². The first-order valence-electron chi connectivity index (χ1n) is 7.81. The molecule has 1 aromatic carbocycles. The third-order valence-corrected chi connectivity index (χ3v) is 6.11. The molecule has 5 nitrogen and oxygen atoms in total. The molecule has 1 heterocycles. The molecule has 1 aliphatic rings. The number of sulfone groups is 1. The van der Waals surface area contributed by atoms with E-state index in [1.165, 1.54) is 12.1 Å². The number of carbonyl (C=O) groups excluding carboxylic acids is 1. The molecule has 3 atom stereocenters. The summed E-state index contributed by atoms with van der Waals surface area (Å²) < 4.78 is 37.5. The number of halogens is 2. The van der Waals surface area contributed by atoms with Crippen LogP contribution in [0.15, 0.2) is 29.2 Å². The van der Waals surface area contributed by atoms with Gasteiger partial charge in [0.1, 0.15) is 5.82 Å². The molecular weight excluding hydrogens is 355 g/mol. The molecule has 136 valence electrons. The molecule has 0 aromatic heterocycles. The number of amides is 1. The Balaban J connectivity index is 0.00000288. The third-order valence-electron chi connectivity index (χ3n) is 4.18. The standard InChI is InChI=1S/C16H23FN2O3S.ClH/c1-11(16(20)19-15-4-3-9-18-12(15)2)10-23(21,22)14-7-5-13(17)6-8-14;/h5-8,11-12,15,18H,3-4,9-10H2,1-2H3,(H,19,20);1H. The van der Waals surface area contributed by atoms with Crippen molar-refractivity contribution in [1.29, 1.82) is 0 Å². The van der Waals surface area contributed by atoms with Crippen molar-refractivity contribution < 1.29 is 17.6 Å². The molecule has 0 bridgehead atoms. The van der Waals surface area contributed by atoms with E-state index in [9.17, 15) is 17.6 Å². The normalized spacial score (nSPS) is 22.3. The fourth-order valence-electron chi connectivity index (χ4n) is 2.71. The second-order valence-electron chi connectivity index (χ2n) is 6.14. The Bertz CT molecular complexity index is 652. The lowest BCUT2D eigenvalue weighted by Crippen LogP contribution is -2.53. The summed E-state index contributed by atoms with van der Waals surface area (Å²) in [6.45, 7) is 4.53. The minimum Gasteiger partial charge on any atom is -0.352 e. The Hall–Kier alpha value is -1.18. The fourth-order valence-corrected chi connectivity index (χ4v) is 4.26. The van der Waals surface area contributed by atoms with Gasteiger partial charge in [-0.25, -0.2) is 12.8 Å². The molecule has 1 amide bonds. The molecule has 0 spiro atoms. The summed E-state index contributed by atoms with van der Waals surface area (Å²) in [5.41, 5.74) is 0. The Morgan fingerprint density at radius 3 is 2.58 bits per heavy atom. The van der Waals surface area contributed by atoms with Gasteiger partial charge in [-0.2, -0.15) is 0 Å². The largest absolute Gasteiger partial charge is 0.352 e. The average molecular weight is 379 g/mol. The topological polar surface area (TPSA) is 75.3 Å². The lowest BCUT2D eigenvalue weighted by molar-refractivity contribution is -0.125. The van der Waals surface area contributed by atoms with E-state index < -0.39 is 21.6 Å². The highest BCUT2D eigenvalue weighted by molar-refractivity contribution is 7.91. The molecule has 1 saturated heterocycles. The summed E-state index contributed by atoms with van der Waals surface area (Å²) in [6.07, 6.45) is 1.87. The van der Waals surface area contributed by atoms with Gasteiger partial charge in [-0.15, -0.1) is 12.4 Å². The van der Waals surface area contributed by atoms with E-state index in [-0.39, 0.29) is 41.0 Å². The molecule has 8 heteroatoms. The van der Waals surface area contributed by atoms with E-state index in [1.807, 2.05) is 6.92 Å². The second kappa shape index (κ2) is 8.78. The van der Waals surface area contributed by atoms with Gasteiger partial charge >= 0.3 is 0 Å². The predicted molar refractivity (Wildman–Crippen MR) is 93.5 cm³/mol. The lowest BCUT2D eigenvalue weighted by Gasteiger charge is -2.31. The summed E-state index contributed by atoms with van der Waals surface area (Å²) in [5, 5.41) is 6.21. The van der Waals surface area contributed by atoms with E-state index in [0.717, 1.165) is 31.5 Å². The lowest BCUT2D eigenvalue weighted by atomic mass is 9.99. The van der Waals surface area contributed by atoms with E-state index in [1.54, 1.807) is 6.92 Å². The van der Waals surface area contributed by atoms with Crippen molar-refractivity contribution in [2.24, 2.45) is 5.92 Å². The summed E-state index contributed by atoms with van der Waals surface area (Å²) in [6, 6.07) is 4.85. The summed E-state index contributed by atoms with van der Waals surface area (Å²) in [7, 11) is -3.62. The van der Waals surface area contributed by atoms with Crippen LogP contribution < -0.4 is 10.6 Å². The van der Waals surface area contributed by atoms with Crippen LogP contribution in [0.2, 0.25) is 0 Å². The van der Waals surface area contributed by atoms with Gasteiger partial charge < -0.3 is 10.6 Å². The number of carbonyl (C=O) groups is 1. The molecule has 1 fully saturated rings. The Morgan fingerprint density at radius 1 is 1.38 bits per heavy atom. The van der Waals surface area contributed by atoms with Crippen LogP contribution in [-0.4, -0.2) is 38.7 Å². The predicted octanol–water partition coefficient (Wildman–Crippen LogP) is 1.91. The molecule has 1 aliphatic heterocycles. The number of piperidine rings is 1. The van der Waals surface area contributed by atoms with Crippen LogP contribution >= 0.6 is 12.4 Å². The first-order valence-corrected chi connectivity index (χ1v) is 9.47. The van der Waals surface area contributed by atoms with Gasteiger partial charge in [0.05, 0.1) is 10.6 Å². The number of nitrogens with one attached hydrogen (secondary N) is 2. The zero-order valence-electron chi connectivity index (χ0n) is 13.8. The van der Waals surface area contributed by atoms with Gasteiger partial charge in [0.2, 0.25) is 5.91 Å². The van der Waals surface area contributed by atoms with Crippen LogP contribution in [-0.2, 0) is 14.6 Å². The summed E-state index contributed by atoms with van der Waals surface area (Å²) in [4.78, 5) is 12.3. The molecule has 0 aliphatic carbocycles. The molecule has 2 rings (SSSR count). The SMILES string of the molecule is CC(CS(=O)(=O)c1ccc(F)cc1)C(=O)NC1CCCNC1C.Cl. The number of rotatable bonds is 5. The molecule has 2 N–H and O–H groups in total. The molecular formula is C16H24ClFN2O3S. The maximum atomic E-state index is 12.9. The van der Waals surface area contributed by atoms with E-state index in [4.69, 9.17) is 0 Å². The zero-order chi connectivity index (χ0) is 17.0. The molecule has 3 unspecified atom stereocenters. The minimum absolute atomic E-state index is 0. The fraction of sp³-hybridized carbons (Fsp3) is 0.562. The van der Waals surface area contributed by atoms with E-state index in [2.05, 4.69) is 10.6 Å². The molecule has 1 aromatic rings. The van der Waals surface area contributed by atoms with Crippen molar-refractivity contribution in [1.82, 2.24) is 10.6 Å². The van der Waals surface area contributed by atoms with Gasteiger partial charge in [-0.05, 0) is 50.6 Å². The maximum Gasteiger partial charge on any atom is 0.224 e. The van der Waals surface area contributed by atoms with Crippen molar-refractivity contribution in [2.75, 3.05) is 12.3 Å². The van der Waals surface area contributed by atoms with E-state index >= 15 is 0 Å². The van der Waals surface area contributed by atoms with Crippen LogP contribution in [0.3, 0.4) is 0 Å². The van der Waals surface area contributed by atoms with Crippen molar-refractivity contribution in [3.63, 3.8) is 0 Å². The Kier molecular flexibility index (Phi) is 7.63. The summed E-state index contributed by atoms with van der Waals surface area (Å²) in [5.74, 6) is -1.72. The van der Waals surface area contributed by atoms with Crippen LogP contribution in [0.5, 0.6) is 0 Å². The monoisotopic (exact) mass is 378 g/mol. The van der Waals surface area contributed by atoms with E-state index in [0.29, 0.717) is 0 Å². The number of benzene rings is 1. The Labute approximate surface area is 148 Å². The first-order chi connectivity index (χ1) is 10.8. The number of hydrogen-bond donors (Lipinski definition) is 2. The quantitative estimate of drug-likeness (QED) is 0.767. The van der Waals surface area contributed by atoms with Gasteiger partial charge in [0.15, 0.2) is 9.84 Å². The smallest absolute Gasteiger partial charge is 0.224 e. The molecule has 24 heavy (non-hydrogen) atoms. The van der Waals surface area contributed by atoms with Crippen molar-refractivity contribution in [3.05, 3.63) is 30.1 Å². The zero-order valence-corrected chi connectivity index (χ0v) is 15.4. The molecule has 0 radical (unpaired) electrons. The van der Waals surface area contributed by atoms with Crippen molar-refractivity contribution in [3.8, 4) is 0 Å². The Morgan fingerprint density at radius 2 is 2.00 bits per heavy atom. The van der Waals surface area contributed by atoms with Gasteiger partial charge in [0, 0.05) is 18.0 Å². The highest BCUT2D eigenvalue weighted by Gasteiger charge is 2.27. The maximum absolute atomic E-state index is 12.9. The van der Waals surface area contributed by atoms with Crippen LogP contribution in [0.4, 0.5) is 4.39 Å². The van der Waals surface area contributed by atoms with Crippen molar-refractivity contribution >= 4 is 28.2 Å². The first kappa shape index (κ1) is 20.9. The average Bonchev–Trinajstić information content (AvgIpc) is 2.49. The third kappa shape index (κ3) is 5.43. The number of hydrogen-bond acceptors (Lipinski definition) is 4. The van der Waals surface area contributed by atoms with Gasteiger partial charge in [0.25, 0.3) is 0 Å². The second-order valence-corrected chi connectivity index (χ2v) is 8.17. The summed E-state index contributed by atoms with van der Waals surface area (Å²) >= 11 is 0. The minimum atomic E-state index is -3.62. The van der Waals surface area contributed by atoms with Crippen LogP contribution in [0, 0.1) is 11.7 Å². The highest BCUT2D eigenvalue weighted by atomic mass is 35.5. The highest BCUT2D eigenvalue weighted by Crippen LogP contribution is 2.16. The van der Waals surface area contributed by atoms with Crippen LogP contribution in [0.25, 0.3) is 0 Å².